The number of nitrogens with zero attached hydrogens (tertiary/aromatic N) is 2. The van der Waals surface area contributed by atoms with E-state index in [0.29, 0.717) is 24.8 Å². The van der Waals surface area contributed by atoms with Crippen molar-refractivity contribution in [1.82, 2.24) is 9.97 Å². The Kier molecular flexibility index (Phi) is 4.65. The summed E-state index contributed by atoms with van der Waals surface area (Å²) in [5.74, 6) is 0.291. The monoisotopic (exact) mass is 224 g/mol. The molecule has 0 saturated heterocycles. The first-order valence-electron chi connectivity index (χ1n) is 5.00. The van der Waals surface area contributed by atoms with Crippen LogP contribution in [0, 0.1) is 5.41 Å². The molecule has 0 aliphatic carbocycles. The maximum absolute atomic E-state index is 7.14. The van der Waals surface area contributed by atoms with Crippen LogP contribution in [0.25, 0.3) is 0 Å². The molecule has 6 nitrogen and oxygen atoms in total. The number of hydrogen-bond acceptors (Lipinski definition) is 5. The molecule has 1 aromatic heterocycles. The molecule has 0 saturated carbocycles. The Labute approximate surface area is 94.3 Å². The first-order chi connectivity index (χ1) is 7.59. The third-order valence-electron chi connectivity index (χ3n) is 1.69. The highest BCUT2D eigenvalue weighted by Gasteiger charge is 2.01. The highest BCUT2D eigenvalue weighted by molar-refractivity contribution is 5.92. The van der Waals surface area contributed by atoms with E-state index in [1.807, 2.05) is 13.8 Å². The van der Waals surface area contributed by atoms with E-state index < -0.39 is 0 Å². The van der Waals surface area contributed by atoms with E-state index in [9.17, 15) is 0 Å². The van der Waals surface area contributed by atoms with Gasteiger partial charge in [-0.2, -0.15) is 0 Å². The second-order valence-corrected chi connectivity index (χ2v) is 3.42. The van der Waals surface area contributed by atoms with Gasteiger partial charge in [0.2, 0.25) is 5.88 Å². The molecule has 0 fully saturated rings. The van der Waals surface area contributed by atoms with Crippen molar-refractivity contribution >= 4 is 5.84 Å². The number of hydrogen-bond donors (Lipinski definition) is 2. The summed E-state index contributed by atoms with van der Waals surface area (Å²) in [7, 11) is 0. The first kappa shape index (κ1) is 12.4. The van der Waals surface area contributed by atoms with Crippen molar-refractivity contribution in [2.24, 2.45) is 5.73 Å². The minimum Gasteiger partial charge on any atom is -0.474 e. The summed E-state index contributed by atoms with van der Waals surface area (Å²) in [6.45, 7) is 4.85. The molecular weight excluding hydrogens is 208 g/mol. The predicted octanol–water partition coefficient (Wildman–Crippen LogP) is 0.564. The van der Waals surface area contributed by atoms with Crippen molar-refractivity contribution in [3.05, 3.63) is 18.1 Å². The average molecular weight is 224 g/mol. The number of nitrogens with one attached hydrogen (secondary N) is 1. The van der Waals surface area contributed by atoms with Gasteiger partial charge in [-0.3, -0.25) is 5.41 Å². The molecule has 0 aliphatic heterocycles. The van der Waals surface area contributed by atoms with Gasteiger partial charge in [-0.1, -0.05) is 0 Å². The van der Waals surface area contributed by atoms with Crippen molar-refractivity contribution in [2.45, 2.75) is 20.0 Å². The number of ether oxygens (including phenoxy) is 2. The number of nitrogens with two attached hydrogens (primary N) is 1. The fourth-order valence-electron chi connectivity index (χ4n) is 0.960. The van der Waals surface area contributed by atoms with Crippen LogP contribution >= 0.6 is 0 Å². The van der Waals surface area contributed by atoms with Crippen LogP contribution in [0.3, 0.4) is 0 Å². The smallest absolute Gasteiger partial charge is 0.232 e. The summed E-state index contributed by atoms with van der Waals surface area (Å²) >= 11 is 0. The first-order valence-corrected chi connectivity index (χ1v) is 5.00. The second kappa shape index (κ2) is 6.02. The zero-order valence-electron chi connectivity index (χ0n) is 9.43. The molecule has 6 heteroatoms. The van der Waals surface area contributed by atoms with Crippen molar-refractivity contribution in [1.29, 1.82) is 5.41 Å². The lowest BCUT2D eigenvalue weighted by Crippen LogP contribution is -2.14. The average Bonchev–Trinajstić information content (AvgIpc) is 2.25. The Morgan fingerprint density at radius 2 is 2.12 bits per heavy atom. The van der Waals surface area contributed by atoms with Crippen LogP contribution in [0.5, 0.6) is 5.88 Å². The summed E-state index contributed by atoms with van der Waals surface area (Å²) in [4.78, 5) is 7.87. The van der Waals surface area contributed by atoms with Crippen LogP contribution in [0.4, 0.5) is 0 Å². The lowest BCUT2D eigenvalue weighted by atomic mass is 10.4. The number of amidine groups is 1. The van der Waals surface area contributed by atoms with Crippen LogP contribution in [0.15, 0.2) is 12.4 Å². The molecule has 0 spiro atoms. The fraction of sp³-hybridized carbons (Fsp3) is 0.500. The Morgan fingerprint density at radius 1 is 1.38 bits per heavy atom. The highest BCUT2D eigenvalue weighted by atomic mass is 16.5. The maximum Gasteiger partial charge on any atom is 0.232 e. The molecule has 1 rings (SSSR count). The summed E-state index contributed by atoms with van der Waals surface area (Å²) in [5, 5.41) is 7.14. The molecule has 0 atom stereocenters. The normalized spacial score (nSPS) is 10.4. The van der Waals surface area contributed by atoms with E-state index in [2.05, 4.69) is 9.97 Å². The molecule has 1 heterocycles. The van der Waals surface area contributed by atoms with Crippen LogP contribution in [-0.4, -0.2) is 35.1 Å². The van der Waals surface area contributed by atoms with E-state index in [1.165, 1.54) is 12.4 Å². The van der Waals surface area contributed by atoms with Crippen molar-refractivity contribution < 1.29 is 9.47 Å². The molecule has 1 aromatic rings. The summed E-state index contributed by atoms with van der Waals surface area (Å²) in [5.41, 5.74) is 5.58. The molecule has 0 bridgehead atoms. The Bertz CT molecular complexity index is 337. The lowest BCUT2D eigenvalue weighted by molar-refractivity contribution is 0.0541. The lowest BCUT2D eigenvalue weighted by Gasteiger charge is -2.08. The van der Waals surface area contributed by atoms with Crippen LogP contribution in [-0.2, 0) is 4.74 Å². The fourth-order valence-corrected chi connectivity index (χ4v) is 0.960. The van der Waals surface area contributed by atoms with E-state index in [0.717, 1.165) is 0 Å². The number of nitrogen functional groups attached to an aromatic ring is 1. The van der Waals surface area contributed by atoms with Crippen LogP contribution in [0.2, 0.25) is 0 Å². The largest absolute Gasteiger partial charge is 0.474 e. The van der Waals surface area contributed by atoms with Gasteiger partial charge in [-0.05, 0) is 13.8 Å². The van der Waals surface area contributed by atoms with Gasteiger partial charge in [0.1, 0.15) is 18.1 Å². The third-order valence-corrected chi connectivity index (χ3v) is 1.69. The summed E-state index contributed by atoms with van der Waals surface area (Å²) < 4.78 is 10.6. The quantitative estimate of drug-likeness (QED) is 0.418. The van der Waals surface area contributed by atoms with Gasteiger partial charge in [0.25, 0.3) is 0 Å². The summed E-state index contributed by atoms with van der Waals surface area (Å²) in [6.07, 6.45) is 3.03. The van der Waals surface area contributed by atoms with Gasteiger partial charge >= 0.3 is 0 Å². The molecule has 0 aliphatic rings. The zero-order valence-corrected chi connectivity index (χ0v) is 9.43. The second-order valence-electron chi connectivity index (χ2n) is 3.42. The van der Waals surface area contributed by atoms with Crippen LogP contribution in [0.1, 0.15) is 19.5 Å². The van der Waals surface area contributed by atoms with Gasteiger partial charge in [0, 0.05) is 0 Å². The zero-order chi connectivity index (χ0) is 12.0. The molecule has 0 radical (unpaired) electrons. The molecule has 88 valence electrons. The minimum atomic E-state index is -0.109. The topological polar surface area (TPSA) is 94.1 Å². The third kappa shape index (κ3) is 4.22. The maximum atomic E-state index is 7.14. The van der Waals surface area contributed by atoms with E-state index in [1.54, 1.807) is 0 Å². The number of rotatable bonds is 6. The van der Waals surface area contributed by atoms with Crippen LogP contribution < -0.4 is 10.5 Å². The molecule has 0 amide bonds. The van der Waals surface area contributed by atoms with Gasteiger partial charge in [0.15, 0.2) is 0 Å². The van der Waals surface area contributed by atoms with Gasteiger partial charge in [-0.15, -0.1) is 0 Å². The highest BCUT2D eigenvalue weighted by Crippen LogP contribution is 2.03. The van der Waals surface area contributed by atoms with E-state index in [-0.39, 0.29) is 11.9 Å². The number of aromatic nitrogens is 2. The van der Waals surface area contributed by atoms with E-state index >= 15 is 0 Å². The molecule has 0 aromatic carbocycles. The molecule has 16 heavy (non-hydrogen) atoms. The van der Waals surface area contributed by atoms with Gasteiger partial charge in [0.05, 0.1) is 25.1 Å². The Morgan fingerprint density at radius 3 is 2.62 bits per heavy atom. The standard InChI is InChI=1S/C10H16N4O2/c1-7(2)15-3-4-16-9-6-13-8(5-14-9)10(11)12/h5-7H,3-4H2,1-2H3,(H3,11,12). The molecular formula is C10H16N4O2. The molecule has 3 N–H and O–H groups in total. The SMILES string of the molecule is CC(C)OCCOc1cnc(C(=N)N)cn1. The van der Waals surface area contributed by atoms with Gasteiger partial charge in [-0.25, -0.2) is 9.97 Å². The van der Waals surface area contributed by atoms with Crippen molar-refractivity contribution in [3.63, 3.8) is 0 Å². The molecule has 0 unspecified atom stereocenters. The summed E-state index contributed by atoms with van der Waals surface area (Å²) in [6, 6.07) is 0. The Balaban J connectivity index is 2.35. The Hall–Kier alpha value is -1.69. The van der Waals surface area contributed by atoms with Gasteiger partial charge < -0.3 is 15.2 Å². The van der Waals surface area contributed by atoms with Crippen molar-refractivity contribution in [2.75, 3.05) is 13.2 Å². The predicted molar refractivity (Wildman–Crippen MR) is 59.6 cm³/mol. The van der Waals surface area contributed by atoms with E-state index in [4.69, 9.17) is 20.6 Å². The minimum absolute atomic E-state index is 0.109. The van der Waals surface area contributed by atoms with Crippen molar-refractivity contribution in [3.8, 4) is 5.88 Å².